The van der Waals surface area contributed by atoms with Gasteiger partial charge in [0.2, 0.25) is 6.41 Å². The zero-order valence-electron chi connectivity index (χ0n) is 12.0. The molecular weight excluding hydrogens is 334 g/mol. The number of nitro benzene ring substituents is 1. The van der Waals surface area contributed by atoms with Gasteiger partial charge in [-0.2, -0.15) is 4.99 Å². The monoisotopic (exact) mass is 343 g/mol. The number of nitro groups is 1. The molecule has 2 aromatic rings. The molecule has 24 heavy (non-hydrogen) atoms. The number of hydrogen-bond acceptors (Lipinski definition) is 6. The fraction of sp³-hybridized carbons (Fsp3) is 0. The first-order valence-corrected chi connectivity index (χ1v) is 7.46. The standard InChI is InChI=1S/C15H9N3O5S/c19-8-16-15-17-14(20)13(24-15)7-9-5-6-12(23-9)10-3-1-2-4-11(10)18(21)22/h1-8H,(H,16,17,19,20)/b13-7-. The van der Waals surface area contributed by atoms with E-state index in [4.69, 9.17) is 4.42 Å². The Kier molecular flexibility index (Phi) is 4.25. The van der Waals surface area contributed by atoms with Gasteiger partial charge in [0.25, 0.3) is 11.6 Å². The van der Waals surface area contributed by atoms with E-state index in [9.17, 15) is 19.7 Å². The van der Waals surface area contributed by atoms with E-state index in [0.29, 0.717) is 28.4 Å². The summed E-state index contributed by atoms with van der Waals surface area (Å²) < 4.78 is 5.58. The lowest BCUT2D eigenvalue weighted by molar-refractivity contribution is -0.384. The van der Waals surface area contributed by atoms with Crippen molar-refractivity contribution in [3.05, 3.63) is 57.2 Å². The molecule has 1 aliphatic heterocycles. The molecule has 3 rings (SSSR count). The van der Waals surface area contributed by atoms with Crippen molar-refractivity contribution in [1.29, 1.82) is 0 Å². The number of para-hydroxylation sites is 1. The molecule has 1 aromatic heterocycles. The maximum absolute atomic E-state index is 11.8. The predicted octanol–water partition coefficient (Wildman–Crippen LogP) is 2.57. The molecule has 1 aromatic carbocycles. The number of rotatable bonds is 4. The zero-order chi connectivity index (χ0) is 17.1. The van der Waals surface area contributed by atoms with Crippen molar-refractivity contribution in [3.8, 4) is 11.3 Å². The van der Waals surface area contributed by atoms with E-state index in [1.54, 1.807) is 30.3 Å². The molecule has 0 unspecified atom stereocenters. The SMILES string of the molecule is O=CN=C1NC(=O)/C(=C/c2ccc(-c3ccccc3[N+](=O)[O-])o2)S1. The van der Waals surface area contributed by atoms with Crippen LogP contribution in [0.5, 0.6) is 0 Å². The second-order valence-electron chi connectivity index (χ2n) is 4.58. The van der Waals surface area contributed by atoms with Crippen molar-refractivity contribution in [2.75, 3.05) is 0 Å². The Bertz CT molecular complexity index is 900. The highest BCUT2D eigenvalue weighted by molar-refractivity contribution is 8.18. The maximum Gasteiger partial charge on any atom is 0.280 e. The first-order valence-electron chi connectivity index (χ1n) is 6.64. The molecule has 8 nitrogen and oxygen atoms in total. The molecule has 1 aliphatic rings. The lowest BCUT2D eigenvalue weighted by atomic mass is 10.1. The summed E-state index contributed by atoms with van der Waals surface area (Å²) >= 11 is 1.00. The number of thioether (sulfide) groups is 1. The summed E-state index contributed by atoms with van der Waals surface area (Å²) in [4.78, 5) is 36.5. The van der Waals surface area contributed by atoms with E-state index < -0.39 is 10.8 Å². The Morgan fingerprint density at radius 3 is 2.79 bits per heavy atom. The van der Waals surface area contributed by atoms with Crippen molar-refractivity contribution >= 4 is 41.0 Å². The van der Waals surface area contributed by atoms with Crippen molar-refractivity contribution in [2.24, 2.45) is 4.99 Å². The molecule has 2 heterocycles. The molecule has 2 amide bonds. The van der Waals surface area contributed by atoms with Gasteiger partial charge in [-0.05, 0) is 30.0 Å². The summed E-state index contributed by atoms with van der Waals surface area (Å²) in [6.45, 7) is 0. The molecule has 0 radical (unpaired) electrons. The van der Waals surface area contributed by atoms with Crippen LogP contribution in [0, 0.1) is 10.1 Å². The smallest absolute Gasteiger partial charge is 0.280 e. The van der Waals surface area contributed by atoms with Gasteiger partial charge in [0.15, 0.2) is 5.17 Å². The summed E-state index contributed by atoms with van der Waals surface area (Å²) in [5.74, 6) is 0.275. The van der Waals surface area contributed by atoms with Gasteiger partial charge < -0.3 is 9.73 Å². The topological polar surface area (TPSA) is 115 Å². The highest BCUT2D eigenvalue weighted by Crippen LogP contribution is 2.32. The number of carbonyl (C=O) groups is 2. The fourth-order valence-electron chi connectivity index (χ4n) is 2.08. The van der Waals surface area contributed by atoms with Gasteiger partial charge >= 0.3 is 0 Å². The number of benzene rings is 1. The Labute approximate surface area is 139 Å². The third-order valence-corrected chi connectivity index (χ3v) is 4.01. The van der Waals surface area contributed by atoms with Gasteiger partial charge in [-0.25, -0.2) is 0 Å². The van der Waals surface area contributed by atoms with Crippen LogP contribution in [0.4, 0.5) is 5.69 Å². The van der Waals surface area contributed by atoms with E-state index in [1.807, 2.05) is 0 Å². The van der Waals surface area contributed by atoms with Gasteiger partial charge in [-0.3, -0.25) is 19.7 Å². The highest BCUT2D eigenvalue weighted by atomic mass is 32.2. The van der Waals surface area contributed by atoms with Crippen LogP contribution < -0.4 is 5.32 Å². The van der Waals surface area contributed by atoms with E-state index in [1.165, 1.54) is 12.1 Å². The van der Waals surface area contributed by atoms with Crippen LogP contribution in [0.2, 0.25) is 0 Å². The minimum atomic E-state index is -0.488. The number of amidine groups is 1. The summed E-state index contributed by atoms with van der Waals surface area (Å²) in [5.41, 5.74) is 0.276. The number of furan rings is 1. The van der Waals surface area contributed by atoms with Gasteiger partial charge in [-0.15, -0.1) is 0 Å². The number of aliphatic imine (C=N–C) groups is 1. The molecular formula is C15H9N3O5S. The molecule has 0 bridgehead atoms. The normalized spacial score (nSPS) is 17.2. The maximum atomic E-state index is 11.8. The van der Waals surface area contributed by atoms with Gasteiger partial charge in [0, 0.05) is 12.1 Å². The van der Waals surface area contributed by atoms with Gasteiger partial charge in [-0.1, -0.05) is 12.1 Å². The second-order valence-corrected chi connectivity index (χ2v) is 5.61. The molecule has 1 N–H and O–H groups in total. The molecule has 1 saturated heterocycles. The van der Waals surface area contributed by atoms with Crippen molar-refractivity contribution in [3.63, 3.8) is 0 Å². The number of carbonyl (C=O) groups excluding carboxylic acids is 2. The predicted molar refractivity (Wildman–Crippen MR) is 88.0 cm³/mol. The van der Waals surface area contributed by atoms with Crippen LogP contribution in [-0.2, 0) is 9.59 Å². The quantitative estimate of drug-likeness (QED) is 0.395. The van der Waals surface area contributed by atoms with Crippen LogP contribution in [0.1, 0.15) is 5.76 Å². The summed E-state index contributed by atoms with van der Waals surface area (Å²) in [7, 11) is 0. The molecule has 0 atom stereocenters. The van der Waals surface area contributed by atoms with E-state index in [-0.39, 0.29) is 10.9 Å². The Morgan fingerprint density at radius 1 is 1.25 bits per heavy atom. The van der Waals surface area contributed by atoms with E-state index in [0.717, 1.165) is 11.8 Å². The Morgan fingerprint density at radius 2 is 2.04 bits per heavy atom. The largest absolute Gasteiger partial charge is 0.456 e. The van der Waals surface area contributed by atoms with Crippen molar-refractivity contribution in [2.45, 2.75) is 0 Å². The number of hydrogen-bond donors (Lipinski definition) is 1. The Hall–Kier alpha value is -3.20. The second kappa shape index (κ2) is 6.50. The van der Waals surface area contributed by atoms with E-state index in [2.05, 4.69) is 10.3 Å². The molecule has 120 valence electrons. The highest BCUT2D eigenvalue weighted by Gasteiger charge is 2.24. The van der Waals surface area contributed by atoms with Crippen LogP contribution >= 0.6 is 11.8 Å². The van der Waals surface area contributed by atoms with Crippen molar-refractivity contribution < 1.29 is 18.9 Å². The fourth-order valence-corrected chi connectivity index (χ4v) is 2.85. The third-order valence-electron chi connectivity index (χ3n) is 3.09. The Balaban J connectivity index is 1.91. The van der Waals surface area contributed by atoms with Gasteiger partial charge in [0.05, 0.1) is 15.4 Å². The third kappa shape index (κ3) is 3.10. The first-order chi connectivity index (χ1) is 11.6. The lowest BCUT2D eigenvalue weighted by Gasteiger charge is -1.98. The molecule has 1 fully saturated rings. The number of amides is 2. The van der Waals surface area contributed by atoms with E-state index >= 15 is 0 Å². The summed E-state index contributed by atoms with van der Waals surface area (Å²) in [5, 5.41) is 13.7. The zero-order valence-corrected chi connectivity index (χ0v) is 12.8. The average molecular weight is 343 g/mol. The number of nitrogens with zero attached hydrogens (tertiary/aromatic N) is 2. The van der Waals surface area contributed by atoms with Crippen LogP contribution in [0.15, 0.2) is 50.7 Å². The summed E-state index contributed by atoms with van der Waals surface area (Å²) in [6.07, 6.45) is 1.82. The average Bonchev–Trinajstić information content (AvgIpc) is 3.15. The minimum absolute atomic E-state index is 0.0700. The lowest BCUT2D eigenvalue weighted by Crippen LogP contribution is -2.19. The number of nitrogens with one attached hydrogen (secondary N) is 1. The molecule has 0 spiro atoms. The van der Waals surface area contributed by atoms with Crippen LogP contribution in [0.25, 0.3) is 17.4 Å². The minimum Gasteiger partial charge on any atom is -0.456 e. The first kappa shape index (κ1) is 15.7. The van der Waals surface area contributed by atoms with Gasteiger partial charge in [0.1, 0.15) is 11.5 Å². The molecule has 9 heteroatoms. The van der Waals surface area contributed by atoms with Crippen LogP contribution in [0.3, 0.4) is 0 Å². The molecule has 0 saturated carbocycles. The molecule has 0 aliphatic carbocycles. The van der Waals surface area contributed by atoms with Crippen molar-refractivity contribution in [1.82, 2.24) is 5.32 Å². The van der Waals surface area contributed by atoms with Crippen LogP contribution in [-0.4, -0.2) is 22.4 Å². The summed E-state index contributed by atoms with van der Waals surface area (Å²) in [6, 6.07) is 9.40.